The van der Waals surface area contributed by atoms with E-state index in [9.17, 15) is 0 Å². The Balaban J connectivity index is -0.000000126. The van der Waals surface area contributed by atoms with Gasteiger partial charge in [0.2, 0.25) is 0 Å². The molecule has 0 atom stereocenters. The van der Waals surface area contributed by atoms with Crippen LogP contribution in [-0.4, -0.2) is 55.7 Å². The van der Waals surface area contributed by atoms with Gasteiger partial charge in [0.1, 0.15) is 0 Å². The van der Waals surface area contributed by atoms with E-state index < -0.39 is 19.8 Å². The molecule has 12 heavy (non-hydrogen) atoms. The number of carboxylic acid groups (broad SMARTS) is 2. The molecule has 0 fully saturated rings. The van der Waals surface area contributed by atoms with Crippen molar-refractivity contribution in [2.75, 3.05) is 0 Å². The molecule has 8 nitrogen and oxygen atoms in total. The second-order valence-corrected chi connectivity index (χ2v) is 2.15. The maximum atomic E-state index is 9.10. The van der Waals surface area contributed by atoms with Crippen molar-refractivity contribution >= 4 is 38.6 Å². The molecule has 0 bridgehead atoms. The molecule has 0 aromatic rings. The number of hydrogen-bond acceptors (Lipinski definition) is 3. The molecule has 0 heterocycles. The molecular formula is C2H6LiO8P. The zero-order chi connectivity index (χ0) is 9.65. The van der Waals surface area contributed by atoms with Gasteiger partial charge >= 0.3 is 38.6 Å². The van der Waals surface area contributed by atoms with Crippen molar-refractivity contribution in [3.05, 3.63) is 0 Å². The molecule has 0 aliphatic rings. The summed E-state index contributed by atoms with van der Waals surface area (Å²) >= 11 is 0. The SMILES string of the molecule is O=C(O)C(=O)O.O=P(O)(O)O.[LiH]. The first-order chi connectivity index (χ1) is 4.64. The third-order valence-corrected chi connectivity index (χ3v) is 0.183. The van der Waals surface area contributed by atoms with Gasteiger partial charge in [0.05, 0.1) is 0 Å². The second kappa shape index (κ2) is 7.30. The van der Waals surface area contributed by atoms with E-state index in [-0.39, 0.29) is 18.9 Å². The van der Waals surface area contributed by atoms with Crippen molar-refractivity contribution in [3.63, 3.8) is 0 Å². The van der Waals surface area contributed by atoms with Gasteiger partial charge in [0, 0.05) is 0 Å². The molecule has 0 aliphatic heterocycles. The van der Waals surface area contributed by atoms with Gasteiger partial charge in [0.15, 0.2) is 0 Å². The molecule has 10 heteroatoms. The van der Waals surface area contributed by atoms with E-state index in [0.29, 0.717) is 0 Å². The minimum atomic E-state index is -4.64. The van der Waals surface area contributed by atoms with E-state index in [1.54, 1.807) is 0 Å². The van der Waals surface area contributed by atoms with Crippen molar-refractivity contribution in [1.82, 2.24) is 0 Å². The number of aliphatic carboxylic acids is 2. The first-order valence-electron chi connectivity index (χ1n) is 1.89. The van der Waals surface area contributed by atoms with Crippen LogP contribution in [0.2, 0.25) is 0 Å². The average molecular weight is 196 g/mol. The van der Waals surface area contributed by atoms with Crippen molar-refractivity contribution < 1.29 is 39.0 Å². The third kappa shape index (κ3) is 54.2. The Morgan fingerprint density at radius 2 is 1.00 bits per heavy atom. The van der Waals surface area contributed by atoms with Crippen LogP contribution in [0.5, 0.6) is 0 Å². The molecule has 0 amide bonds. The fraction of sp³-hybridized carbons (Fsp3) is 0. The Morgan fingerprint density at radius 3 is 1.00 bits per heavy atom. The quantitative estimate of drug-likeness (QED) is 0.163. The summed E-state index contributed by atoms with van der Waals surface area (Å²) in [5.41, 5.74) is 0. The Bertz CT molecular complexity index is 173. The van der Waals surface area contributed by atoms with Crippen LogP contribution in [0.25, 0.3) is 0 Å². The Hall–Kier alpha value is -0.353. The van der Waals surface area contributed by atoms with Crippen molar-refractivity contribution in [1.29, 1.82) is 0 Å². The zero-order valence-corrected chi connectivity index (χ0v) is 5.80. The van der Waals surface area contributed by atoms with Crippen molar-refractivity contribution in [2.45, 2.75) is 0 Å². The first kappa shape index (κ1) is 17.7. The number of carboxylic acids is 2. The number of hydrogen-bond donors (Lipinski definition) is 5. The molecule has 0 unspecified atom stereocenters. The molecule has 0 saturated carbocycles. The molecular weight excluding hydrogens is 190 g/mol. The predicted octanol–water partition coefficient (Wildman–Crippen LogP) is -2.42. The minimum absolute atomic E-state index is 0. The van der Waals surface area contributed by atoms with Crippen LogP contribution in [-0.2, 0) is 14.2 Å². The Kier molecular flexibility index (Phi) is 10.7. The molecule has 0 saturated heterocycles. The molecule has 0 aliphatic carbocycles. The molecule has 0 rings (SSSR count). The van der Waals surface area contributed by atoms with Crippen LogP contribution in [0, 0.1) is 0 Å². The summed E-state index contributed by atoms with van der Waals surface area (Å²) in [4.78, 5) is 39.8. The maximum absolute atomic E-state index is 9.10. The van der Waals surface area contributed by atoms with E-state index in [4.69, 9.17) is 39.0 Å². The van der Waals surface area contributed by atoms with Gasteiger partial charge in [-0.25, -0.2) is 14.2 Å². The second-order valence-electron chi connectivity index (χ2n) is 1.12. The van der Waals surface area contributed by atoms with Crippen LogP contribution < -0.4 is 0 Å². The van der Waals surface area contributed by atoms with Gasteiger partial charge in [-0.1, -0.05) is 0 Å². The van der Waals surface area contributed by atoms with E-state index >= 15 is 0 Å². The fourth-order valence-electron chi connectivity index (χ4n) is 0. The summed E-state index contributed by atoms with van der Waals surface area (Å²) in [6, 6.07) is 0. The average Bonchev–Trinajstić information content (AvgIpc) is 1.59. The fourth-order valence-corrected chi connectivity index (χ4v) is 0. The summed E-state index contributed by atoms with van der Waals surface area (Å²) in [6.07, 6.45) is 0. The summed E-state index contributed by atoms with van der Waals surface area (Å²) in [5.74, 6) is -3.65. The molecule has 0 aromatic heterocycles. The number of phosphoric acid groups is 1. The van der Waals surface area contributed by atoms with Crippen LogP contribution in [0.3, 0.4) is 0 Å². The Labute approximate surface area is 78.3 Å². The zero-order valence-electron chi connectivity index (χ0n) is 4.91. The molecule has 0 spiro atoms. The van der Waals surface area contributed by atoms with E-state index in [1.165, 1.54) is 0 Å². The van der Waals surface area contributed by atoms with Gasteiger partial charge < -0.3 is 24.9 Å². The van der Waals surface area contributed by atoms with Crippen LogP contribution in [0.1, 0.15) is 0 Å². The van der Waals surface area contributed by atoms with Gasteiger partial charge in [-0.3, -0.25) is 0 Å². The molecule has 68 valence electrons. The monoisotopic (exact) mass is 196 g/mol. The normalized spacial score (nSPS) is 8.58. The van der Waals surface area contributed by atoms with E-state index in [2.05, 4.69) is 0 Å². The summed E-state index contributed by atoms with van der Waals surface area (Å²) < 4.78 is 8.88. The van der Waals surface area contributed by atoms with Crippen LogP contribution in [0.15, 0.2) is 0 Å². The standard InChI is InChI=1S/C2H2O4.Li.H3O4P.H/c3-1(4)2(5)6;;1-5(2,3)4;/h(H,3,4)(H,5,6);;(H3,1,2,3,4);. The molecule has 0 aromatic carbocycles. The Morgan fingerprint density at radius 1 is 0.917 bits per heavy atom. The first-order valence-corrected chi connectivity index (χ1v) is 3.45. The summed E-state index contributed by atoms with van der Waals surface area (Å²) in [5, 5.41) is 14.8. The topological polar surface area (TPSA) is 152 Å². The number of rotatable bonds is 0. The predicted molar refractivity (Wildman–Crippen MR) is 36.7 cm³/mol. The number of carbonyl (C=O) groups is 2. The molecule has 5 N–H and O–H groups in total. The van der Waals surface area contributed by atoms with E-state index in [1.807, 2.05) is 0 Å². The van der Waals surface area contributed by atoms with Crippen molar-refractivity contribution in [2.24, 2.45) is 0 Å². The van der Waals surface area contributed by atoms with Crippen molar-refractivity contribution in [3.8, 4) is 0 Å². The van der Waals surface area contributed by atoms with Crippen LogP contribution in [0.4, 0.5) is 0 Å². The van der Waals surface area contributed by atoms with Crippen LogP contribution >= 0.6 is 7.82 Å². The van der Waals surface area contributed by atoms with Gasteiger partial charge in [-0.05, 0) is 0 Å². The third-order valence-electron chi connectivity index (χ3n) is 0.183. The van der Waals surface area contributed by atoms with E-state index in [0.717, 1.165) is 0 Å². The van der Waals surface area contributed by atoms with Gasteiger partial charge in [-0.15, -0.1) is 0 Å². The van der Waals surface area contributed by atoms with Gasteiger partial charge in [-0.2, -0.15) is 0 Å². The summed E-state index contributed by atoms with van der Waals surface area (Å²) in [7, 11) is -4.64. The summed E-state index contributed by atoms with van der Waals surface area (Å²) in [6.45, 7) is 0. The van der Waals surface area contributed by atoms with Gasteiger partial charge in [0.25, 0.3) is 0 Å². The molecule has 0 radical (unpaired) electrons.